The van der Waals surface area contributed by atoms with Crippen LogP contribution in [0.3, 0.4) is 0 Å². The topological polar surface area (TPSA) is 80.0 Å². The van der Waals surface area contributed by atoms with Gasteiger partial charge in [0.1, 0.15) is 0 Å². The van der Waals surface area contributed by atoms with Crippen molar-refractivity contribution >= 4 is 11.8 Å². The fourth-order valence-corrected chi connectivity index (χ4v) is 2.79. The minimum atomic E-state index is -0.221. The second-order valence-corrected chi connectivity index (χ2v) is 5.13. The minimum absolute atomic E-state index is 0.0330. The Morgan fingerprint density at radius 3 is 2.35 bits per heavy atom. The van der Waals surface area contributed by atoms with E-state index in [2.05, 4.69) is 5.32 Å². The predicted molar refractivity (Wildman–Crippen MR) is 62.9 cm³/mol. The van der Waals surface area contributed by atoms with Gasteiger partial charge in [0.05, 0.1) is 6.54 Å². The summed E-state index contributed by atoms with van der Waals surface area (Å²) in [5, 5.41) is 2.16. The molecule has 0 saturated carbocycles. The lowest BCUT2D eigenvalue weighted by atomic mass is 9.95. The number of rotatable bonds is 2. The molecule has 17 heavy (non-hydrogen) atoms. The summed E-state index contributed by atoms with van der Waals surface area (Å²) in [6, 6.07) is 0.119. The molecule has 2 rings (SSSR count). The monoisotopic (exact) mass is 240 g/mol. The molecule has 2 aliphatic rings. The van der Waals surface area contributed by atoms with Gasteiger partial charge in [-0.25, -0.2) is 0 Å². The van der Waals surface area contributed by atoms with Crippen LogP contribution < -0.4 is 11.1 Å². The summed E-state index contributed by atoms with van der Waals surface area (Å²) in [5.74, 6) is 0.00309. The van der Waals surface area contributed by atoms with Crippen LogP contribution in [0.5, 0.6) is 0 Å². The number of nitrogens with two attached hydrogens (primary N) is 2. The van der Waals surface area contributed by atoms with Gasteiger partial charge in [-0.1, -0.05) is 0 Å². The zero-order valence-electron chi connectivity index (χ0n) is 10.2. The summed E-state index contributed by atoms with van der Waals surface area (Å²) in [6.07, 6.45) is 4.83. The first-order chi connectivity index (χ1) is 8.18. The Bertz CT molecular complexity index is 292. The number of carbonyl (C=O) groups excluding carboxylic acids is 2. The molecule has 2 aliphatic heterocycles. The molecule has 4 N–H and O–H groups in total. The summed E-state index contributed by atoms with van der Waals surface area (Å²) in [4.78, 5) is 25.2. The van der Waals surface area contributed by atoms with E-state index in [4.69, 9.17) is 5.73 Å². The van der Waals surface area contributed by atoms with Crippen LogP contribution in [-0.4, -0.2) is 42.4 Å². The van der Waals surface area contributed by atoms with Gasteiger partial charge < -0.3 is 16.0 Å². The normalized spacial score (nSPS) is 26.8. The molecule has 96 valence electrons. The zero-order chi connectivity index (χ0) is 12.3. The lowest BCUT2D eigenvalue weighted by Gasteiger charge is -2.33. The van der Waals surface area contributed by atoms with E-state index in [1.54, 1.807) is 0 Å². The number of amides is 2. The maximum Gasteiger partial charge on any atom is 0.280 e. The van der Waals surface area contributed by atoms with Crippen molar-refractivity contribution in [2.75, 3.05) is 19.6 Å². The number of primary amides is 1. The third kappa shape index (κ3) is 2.97. The van der Waals surface area contributed by atoms with Gasteiger partial charge in [-0.2, -0.15) is 0 Å². The predicted octanol–water partition coefficient (Wildman–Crippen LogP) is -1.17. The van der Waals surface area contributed by atoms with Crippen LogP contribution in [0.15, 0.2) is 0 Å². The first-order valence-corrected chi connectivity index (χ1v) is 6.60. The number of nitrogens with zero attached hydrogens (tertiary/aromatic N) is 1. The lowest BCUT2D eigenvalue weighted by molar-refractivity contribution is -0.685. The zero-order valence-corrected chi connectivity index (χ0v) is 10.2. The molecule has 0 aromatic carbocycles. The van der Waals surface area contributed by atoms with Crippen molar-refractivity contribution in [3.8, 4) is 0 Å². The van der Waals surface area contributed by atoms with E-state index in [0.29, 0.717) is 13.1 Å². The molecule has 0 unspecified atom stereocenters. The molecule has 0 spiro atoms. The largest absolute Gasteiger partial charge is 0.369 e. The van der Waals surface area contributed by atoms with Crippen LogP contribution in [0, 0.1) is 5.92 Å². The molecule has 5 heteroatoms. The fraction of sp³-hybridized carbons (Fsp3) is 0.833. The highest BCUT2D eigenvalue weighted by Crippen LogP contribution is 2.17. The van der Waals surface area contributed by atoms with E-state index in [1.807, 2.05) is 4.90 Å². The van der Waals surface area contributed by atoms with Crippen LogP contribution in [0.2, 0.25) is 0 Å². The van der Waals surface area contributed by atoms with Crippen molar-refractivity contribution in [3.05, 3.63) is 0 Å². The van der Waals surface area contributed by atoms with E-state index in [-0.39, 0.29) is 23.8 Å². The Kier molecular flexibility index (Phi) is 3.99. The Morgan fingerprint density at radius 1 is 1.12 bits per heavy atom. The summed E-state index contributed by atoms with van der Waals surface area (Å²) >= 11 is 0. The minimum Gasteiger partial charge on any atom is -0.369 e. The van der Waals surface area contributed by atoms with Crippen LogP contribution in [-0.2, 0) is 9.59 Å². The summed E-state index contributed by atoms with van der Waals surface area (Å²) in [6.45, 7) is 2.45. The Balaban J connectivity index is 1.83. The van der Waals surface area contributed by atoms with E-state index < -0.39 is 0 Å². The van der Waals surface area contributed by atoms with Gasteiger partial charge in [-0.05, 0) is 25.7 Å². The standard InChI is InChI=1S/C12H21N3O2/c13-11(16)9-4-7-15(8-5-9)12(17)10-3-1-2-6-14-10/h9-10,14H,1-8H2,(H2,13,16)/p+1/t10-/m1/s1. The van der Waals surface area contributed by atoms with Gasteiger partial charge in [-0.3, -0.25) is 9.59 Å². The molecule has 0 radical (unpaired) electrons. The van der Waals surface area contributed by atoms with Crippen molar-refractivity contribution in [2.24, 2.45) is 11.7 Å². The summed E-state index contributed by atoms with van der Waals surface area (Å²) < 4.78 is 0. The van der Waals surface area contributed by atoms with Crippen molar-refractivity contribution in [1.29, 1.82) is 0 Å². The van der Waals surface area contributed by atoms with E-state index in [1.165, 1.54) is 6.42 Å². The average molecular weight is 240 g/mol. The Labute approximate surface area is 102 Å². The van der Waals surface area contributed by atoms with Gasteiger partial charge in [0, 0.05) is 25.4 Å². The van der Waals surface area contributed by atoms with E-state index in [9.17, 15) is 9.59 Å². The SMILES string of the molecule is NC(=O)C1CCN(C(=O)[C@H]2CCCC[NH2+]2)CC1. The van der Waals surface area contributed by atoms with Crippen LogP contribution >= 0.6 is 0 Å². The highest BCUT2D eigenvalue weighted by Gasteiger charge is 2.32. The lowest BCUT2D eigenvalue weighted by Crippen LogP contribution is -2.94. The van der Waals surface area contributed by atoms with Gasteiger partial charge in [0.2, 0.25) is 5.91 Å². The quantitative estimate of drug-likeness (QED) is 0.637. The molecule has 0 aromatic rings. The molecular formula is C12H22N3O2+. The van der Waals surface area contributed by atoms with Crippen LogP contribution in [0.25, 0.3) is 0 Å². The first-order valence-electron chi connectivity index (χ1n) is 6.60. The molecule has 0 aromatic heterocycles. The molecule has 0 bridgehead atoms. The third-order valence-electron chi connectivity index (χ3n) is 3.95. The van der Waals surface area contributed by atoms with Crippen molar-refractivity contribution < 1.29 is 14.9 Å². The molecule has 1 atom stereocenters. The maximum atomic E-state index is 12.2. The average Bonchev–Trinajstić information content (AvgIpc) is 2.39. The molecule has 2 heterocycles. The molecule has 5 nitrogen and oxygen atoms in total. The maximum absolute atomic E-state index is 12.2. The fourth-order valence-electron chi connectivity index (χ4n) is 2.79. The van der Waals surface area contributed by atoms with Crippen LogP contribution in [0.1, 0.15) is 32.1 Å². The van der Waals surface area contributed by atoms with E-state index >= 15 is 0 Å². The Hall–Kier alpha value is -1.10. The van der Waals surface area contributed by atoms with Crippen molar-refractivity contribution in [1.82, 2.24) is 4.90 Å². The highest BCUT2D eigenvalue weighted by atomic mass is 16.2. The number of hydrogen-bond acceptors (Lipinski definition) is 2. The number of quaternary nitrogens is 1. The van der Waals surface area contributed by atoms with Gasteiger partial charge in [0.25, 0.3) is 5.91 Å². The third-order valence-corrected chi connectivity index (χ3v) is 3.95. The van der Waals surface area contributed by atoms with Gasteiger partial charge in [-0.15, -0.1) is 0 Å². The highest BCUT2D eigenvalue weighted by molar-refractivity contribution is 5.81. The van der Waals surface area contributed by atoms with Crippen molar-refractivity contribution in [3.63, 3.8) is 0 Å². The molecule has 0 aliphatic carbocycles. The molecule has 2 amide bonds. The smallest absolute Gasteiger partial charge is 0.280 e. The second-order valence-electron chi connectivity index (χ2n) is 5.13. The molecule has 2 saturated heterocycles. The van der Waals surface area contributed by atoms with Gasteiger partial charge in [0.15, 0.2) is 6.04 Å². The number of piperidine rings is 2. The second kappa shape index (κ2) is 5.49. The van der Waals surface area contributed by atoms with Crippen molar-refractivity contribution in [2.45, 2.75) is 38.1 Å². The number of likely N-dealkylation sites (tertiary alicyclic amines) is 1. The molecular weight excluding hydrogens is 218 g/mol. The summed E-state index contributed by atoms with van der Waals surface area (Å²) in [7, 11) is 0. The number of carbonyl (C=O) groups is 2. The Morgan fingerprint density at radius 2 is 1.82 bits per heavy atom. The van der Waals surface area contributed by atoms with Gasteiger partial charge >= 0.3 is 0 Å². The number of hydrogen-bond donors (Lipinski definition) is 2. The summed E-state index contributed by atoms with van der Waals surface area (Å²) in [5.41, 5.74) is 5.28. The van der Waals surface area contributed by atoms with E-state index in [0.717, 1.165) is 32.2 Å². The molecule has 2 fully saturated rings. The van der Waals surface area contributed by atoms with Crippen LogP contribution in [0.4, 0.5) is 0 Å². The first kappa shape index (κ1) is 12.4.